The molecule has 0 saturated carbocycles. The molecule has 1 heterocycles. The van der Waals surface area contributed by atoms with Crippen LogP contribution < -0.4 is 15.2 Å². The number of fused-ring (bicyclic) bond motifs is 1. The molecule has 0 spiro atoms. The van der Waals surface area contributed by atoms with E-state index in [1.165, 1.54) is 4.57 Å². The Balaban J connectivity index is 1.92. The Morgan fingerprint density at radius 1 is 0.957 bits per heavy atom. The van der Waals surface area contributed by atoms with E-state index in [4.69, 9.17) is 13.9 Å². The number of hydrogen-bond donors (Lipinski definition) is 0. The molecule has 0 fully saturated rings. The third-order valence-electron chi connectivity index (χ3n) is 3.69. The lowest BCUT2D eigenvalue weighted by Crippen LogP contribution is -2.08. The van der Waals surface area contributed by atoms with E-state index in [1.54, 1.807) is 21.3 Å². The number of ether oxygens (including phenoxy) is 2. The summed E-state index contributed by atoms with van der Waals surface area (Å²) >= 11 is 0. The van der Waals surface area contributed by atoms with Crippen LogP contribution in [-0.4, -0.2) is 18.8 Å². The summed E-state index contributed by atoms with van der Waals surface area (Å²) in [7, 11) is 4.90. The summed E-state index contributed by atoms with van der Waals surface area (Å²) < 4.78 is 17.2. The highest BCUT2D eigenvalue weighted by atomic mass is 16.5. The highest BCUT2D eigenvalue weighted by Crippen LogP contribution is 2.28. The van der Waals surface area contributed by atoms with Gasteiger partial charge in [0.25, 0.3) is 0 Å². The fourth-order valence-electron chi connectivity index (χ4n) is 2.40. The molecule has 118 valence electrons. The van der Waals surface area contributed by atoms with Gasteiger partial charge in [0.15, 0.2) is 17.1 Å². The highest BCUT2D eigenvalue weighted by Gasteiger charge is 2.05. The number of hydrogen-bond acceptors (Lipinski definition) is 4. The molecule has 1 aromatic heterocycles. The third kappa shape index (κ3) is 2.85. The number of methoxy groups -OCH3 is 2. The number of benzene rings is 2. The molecule has 5 heteroatoms. The second-order valence-electron chi connectivity index (χ2n) is 5.10. The van der Waals surface area contributed by atoms with Crippen molar-refractivity contribution < 1.29 is 13.9 Å². The van der Waals surface area contributed by atoms with Crippen LogP contribution in [0.3, 0.4) is 0 Å². The van der Waals surface area contributed by atoms with Gasteiger partial charge in [-0.25, -0.2) is 4.79 Å². The second kappa shape index (κ2) is 6.04. The van der Waals surface area contributed by atoms with Crippen LogP contribution in [0.1, 0.15) is 11.1 Å². The monoisotopic (exact) mass is 311 g/mol. The van der Waals surface area contributed by atoms with E-state index in [0.29, 0.717) is 17.1 Å². The summed E-state index contributed by atoms with van der Waals surface area (Å²) in [6, 6.07) is 11.4. The fourth-order valence-corrected chi connectivity index (χ4v) is 2.40. The number of nitrogens with zero attached hydrogens (tertiary/aromatic N) is 1. The molecule has 0 aliphatic heterocycles. The van der Waals surface area contributed by atoms with Gasteiger partial charge in [-0.2, -0.15) is 0 Å². The molecule has 0 aliphatic rings. The van der Waals surface area contributed by atoms with Gasteiger partial charge >= 0.3 is 5.76 Å². The summed E-state index contributed by atoms with van der Waals surface area (Å²) in [5.74, 6) is 1.01. The maximum atomic E-state index is 11.5. The quantitative estimate of drug-likeness (QED) is 0.694. The zero-order valence-corrected chi connectivity index (χ0v) is 13.2. The zero-order chi connectivity index (χ0) is 16.4. The Hall–Kier alpha value is -2.95. The van der Waals surface area contributed by atoms with Gasteiger partial charge in [-0.15, -0.1) is 0 Å². The molecule has 3 aromatic rings. The zero-order valence-electron chi connectivity index (χ0n) is 13.2. The maximum absolute atomic E-state index is 11.5. The molecule has 0 bridgehead atoms. The van der Waals surface area contributed by atoms with Crippen molar-refractivity contribution in [3.05, 3.63) is 58.1 Å². The molecular weight excluding hydrogens is 294 g/mol. The van der Waals surface area contributed by atoms with E-state index < -0.39 is 0 Å². The molecule has 0 N–H and O–H groups in total. The maximum Gasteiger partial charge on any atom is 0.419 e. The van der Waals surface area contributed by atoms with Crippen molar-refractivity contribution in [3.8, 4) is 11.5 Å². The number of aromatic nitrogens is 1. The first-order chi connectivity index (χ1) is 11.1. The van der Waals surface area contributed by atoms with Gasteiger partial charge in [-0.05, 0) is 35.4 Å². The Kier molecular flexibility index (Phi) is 3.93. The smallest absolute Gasteiger partial charge is 0.419 e. The SMILES string of the molecule is COc1ccc(/C=C\c2ccc3c(c2)oc(=O)n3C)cc1OC. The summed E-state index contributed by atoms with van der Waals surface area (Å²) in [6.07, 6.45) is 3.91. The predicted octanol–water partition coefficient (Wildman–Crippen LogP) is 3.32. The average molecular weight is 311 g/mol. The Morgan fingerprint density at radius 3 is 2.30 bits per heavy atom. The number of aryl methyl sites for hydroxylation is 1. The van der Waals surface area contributed by atoms with Gasteiger partial charge in [-0.1, -0.05) is 24.3 Å². The minimum Gasteiger partial charge on any atom is -0.493 e. The van der Waals surface area contributed by atoms with Crippen molar-refractivity contribution in [3.63, 3.8) is 0 Å². The minimum atomic E-state index is -0.360. The first-order valence-electron chi connectivity index (χ1n) is 7.12. The fraction of sp³-hybridized carbons (Fsp3) is 0.167. The van der Waals surface area contributed by atoms with Gasteiger partial charge in [0.1, 0.15) is 0 Å². The van der Waals surface area contributed by atoms with Gasteiger partial charge in [0, 0.05) is 7.05 Å². The number of oxazole rings is 1. The Morgan fingerprint density at radius 2 is 1.61 bits per heavy atom. The normalized spacial score (nSPS) is 11.3. The number of rotatable bonds is 4. The second-order valence-corrected chi connectivity index (χ2v) is 5.10. The standard InChI is InChI=1S/C18H17NO4/c1-19-14-8-6-12(10-16(14)23-18(19)20)4-5-13-7-9-15(21-2)17(11-13)22-3/h4-11H,1-3H3/b5-4-. The summed E-state index contributed by atoms with van der Waals surface area (Å²) in [4.78, 5) is 11.5. The van der Waals surface area contributed by atoms with Gasteiger partial charge in [0.05, 0.1) is 19.7 Å². The topological polar surface area (TPSA) is 53.6 Å². The summed E-state index contributed by atoms with van der Waals surface area (Å²) in [6.45, 7) is 0. The average Bonchev–Trinajstić information content (AvgIpc) is 2.86. The molecule has 0 unspecified atom stereocenters. The highest BCUT2D eigenvalue weighted by molar-refractivity contribution is 5.79. The molecule has 0 radical (unpaired) electrons. The van der Waals surface area contributed by atoms with Crippen molar-refractivity contribution in [2.45, 2.75) is 0 Å². The van der Waals surface area contributed by atoms with Crippen LogP contribution in [-0.2, 0) is 7.05 Å². The molecule has 0 aliphatic carbocycles. The molecule has 5 nitrogen and oxygen atoms in total. The van der Waals surface area contributed by atoms with Gasteiger partial charge < -0.3 is 13.9 Å². The van der Waals surface area contributed by atoms with Crippen molar-refractivity contribution >= 4 is 23.3 Å². The van der Waals surface area contributed by atoms with Gasteiger partial charge in [0.2, 0.25) is 0 Å². The molecule has 2 aromatic carbocycles. The van der Waals surface area contributed by atoms with Crippen molar-refractivity contribution in [1.82, 2.24) is 4.57 Å². The molecule has 0 amide bonds. The molecular formula is C18H17NO4. The van der Waals surface area contributed by atoms with Crippen molar-refractivity contribution in [2.75, 3.05) is 14.2 Å². The lowest BCUT2D eigenvalue weighted by molar-refractivity contribution is 0.355. The van der Waals surface area contributed by atoms with Gasteiger partial charge in [-0.3, -0.25) is 4.57 Å². The lowest BCUT2D eigenvalue weighted by atomic mass is 10.1. The van der Waals surface area contributed by atoms with Crippen LogP contribution in [0, 0.1) is 0 Å². The first-order valence-corrected chi connectivity index (χ1v) is 7.12. The summed E-state index contributed by atoms with van der Waals surface area (Å²) in [5, 5.41) is 0. The first kappa shape index (κ1) is 15.0. The summed E-state index contributed by atoms with van der Waals surface area (Å²) in [5.41, 5.74) is 3.28. The Bertz CT molecular complexity index is 934. The molecule has 23 heavy (non-hydrogen) atoms. The third-order valence-corrected chi connectivity index (χ3v) is 3.69. The van der Waals surface area contributed by atoms with E-state index in [0.717, 1.165) is 16.6 Å². The molecule has 0 atom stereocenters. The van der Waals surface area contributed by atoms with E-state index in [2.05, 4.69) is 0 Å². The van der Waals surface area contributed by atoms with Crippen LogP contribution in [0.4, 0.5) is 0 Å². The predicted molar refractivity (Wildman–Crippen MR) is 89.9 cm³/mol. The van der Waals surface area contributed by atoms with E-state index in [9.17, 15) is 4.79 Å². The largest absolute Gasteiger partial charge is 0.493 e. The van der Waals surface area contributed by atoms with Crippen LogP contribution in [0.25, 0.3) is 23.3 Å². The van der Waals surface area contributed by atoms with Crippen LogP contribution in [0.2, 0.25) is 0 Å². The van der Waals surface area contributed by atoms with Crippen molar-refractivity contribution in [1.29, 1.82) is 0 Å². The van der Waals surface area contributed by atoms with Crippen LogP contribution in [0.15, 0.2) is 45.6 Å². The van der Waals surface area contributed by atoms with Crippen LogP contribution in [0.5, 0.6) is 11.5 Å². The lowest BCUT2D eigenvalue weighted by Gasteiger charge is -2.07. The van der Waals surface area contributed by atoms with E-state index >= 15 is 0 Å². The Labute approximate surface area is 133 Å². The minimum absolute atomic E-state index is 0.360. The molecule has 3 rings (SSSR count). The van der Waals surface area contributed by atoms with E-state index in [-0.39, 0.29) is 5.76 Å². The molecule has 0 saturated heterocycles. The van der Waals surface area contributed by atoms with E-state index in [1.807, 2.05) is 48.6 Å². The van der Waals surface area contributed by atoms with Crippen molar-refractivity contribution in [2.24, 2.45) is 7.05 Å². The van der Waals surface area contributed by atoms with Crippen LogP contribution >= 0.6 is 0 Å².